The van der Waals surface area contributed by atoms with E-state index in [1.165, 1.54) is 16.7 Å². The van der Waals surface area contributed by atoms with Crippen LogP contribution in [0.2, 0.25) is 0 Å². The Balaban J connectivity index is 1.96. The van der Waals surface area contributed by atoms with Crippen LogP contribution in [0.15, 0.2) is 78.9 Å². The highest BCUT2D eigenvalue weighted by Gasteiger charge is 2.33. The van der Waals surface area contributed by atoms with Crippen molar-refractivity contribution in [3.63, 3.8) is 0 Å². The van der Waals surface area contributed by atoms with Crippen LogP contribution in [-0.2, 0) is 16.2 Å². The molecule has 0 fully saturated rings. The average Bonchev–Trinajstić information content (AvgIpc) is 2.87. The van der Waals surface area contributed by atoms with Crippen LogP contribution in [0.4, 0.5) is 0 Å². The maximum Gasteiger partial charge on any atom is 0.121 e. The monoisotopic (exact) mass is 508 g/mol. The van der Waals surface area contributed by atoms with Gasteiger partial charge in [0.05, 0.1) is 0 Å². The van der Waals surface area contributed by atoms with Crippen molar-refractivity contribution in [2.24, 2.45) is 0 Å². The van der Waals surface area contributed by atoms with E-state index < -0.39 is 0 Å². The van der Waals surface area contributed by atoms with Crippen LogP contribution in [0.3, 0.4) is 0 Å². The Bertz CT molecular complexity index is 1360. The van der Waals surface area contributed by atoms with Gasteiger partial charge >= 0.3 is 0 Å². The molecule has 0 saturated heterocycles. The summed E-state index contributed by atoms with van der Waals surface area (Å²) in [7, 11) is 0. The number of aryl methyl sites for hydroxylation is 2. The number of aromatic hydroxyl groups is 3. The number of hydrogen-bond acceptors (Lipinski definition) is 3. The number of benzene rings is 4. The Labute approximate surface area is 227 Å². The normalized spacial score (nSPS) is 12.5. The second-order valence-corrected chi connectivity index (χ2v) is 12.2. The third kappa shape index (κ3) is 4.90. The van der Waals surface area contributed by atoms with Crippen molar-refractivity contribution in [3.05, 3.63) is 123 Å². The smallest absolute Gasteiger partial charge is 0.121 e. The summed E-state index contributed by atoms with van der Waals surface area (Å²) in [5, 5.41) is 30.2. The molecule has 4 aromatic rings. The average molecular weight is 509 g/mol. The molecule has 0 bridgehead atoms. The first-order valence-electron chi connectivity index (χ1n) is 13.2. The molecule has 0 atom stereocenters. The number of phenols is 3. The maximum absolute atomic E-state index is 10.4. The summed E-state index contributed by atoms with van der Waals surface area (Å²) in [5.74, 6) is 0.860. The van der Waals surface area contributed by atoms with Crippen LogP contribution in [0.1, 0.15) is 86.1 Å². The largest absolute Gasteiger partial charge is 0.508 e. The van der Waals surface area contributed by atoms with Crippen LogP contribution in [-0.4, -0.2) is 15.3 Å². The van der Waals surface area contributed by atoms with Crippen molar-refractivity contribution in [1.82, 2.24) is 0 Å². The highest BCUT2D eigenvalue weighted by molar-refractivity contribution is 5.53. The minimum atomic E-state index is -0.329. The van der Waals surface area contributed by atoms with Crippen LogP contribution < -0.4 is 0 Å². The van der Waals surface area contributed by atoms with Gasteiger partial charge in [-0.3, -0.25) is 0 Å². The van der Waals surface area contributed by atoms with Gasteiger partial charge in [0.25, 0.3) is 0 Å². The molecule has 0 unspecified atom stereocenters. The standard InChI is InChI=1S/C35H40O3/c1-22-17-26(18-23(2)32(22)38)35(7,8)29-20-27(33(3,4)24-9-13-30(36)14-10-24)19-28(21-29)34(5,6)25-11-15-31(37)16-12-25/h9-21,36-38H,1-8H3. The Morgan fingerprint density at radius 3 is 0.974 bits per heavy atom. The molecule has 0 aromatic heterocycles. The zero-order valence-electron chi connectivity index (χ0n) is 23.8. The van der Waals surface area contributed by atoms with Gasteiger partial charge in [0.2, 0.25) is 0 Å². The van der Waals surface area contributed by atoms with Crippen LogP contribution >= 0.6 is 0 Å². The lowest BCUT2D eigenvalue weighted by Gasteiger charge is -2.35. The molecule has 3 heteroatoms. The van der Waals surface area contributed by atoms with Gasteiger partial charge in [-0.1, -0.05) is 96.1 Å². The van der Waals surface area contributed by atoms with E-state index in [1.807, 2.05) is 38.1 Å². The summed E-state index contributed by atoms with van der Waals surface area (Å²) < 4.78 is 0. The lowest BCUT2D eigenvalue weighted by molar-refractivity contribution is 0.465. The molecular formula is C35H40O3. The van der Waals surface area contributed by atoms with E-state index in [0.717, 1.165) is 27.8 Å². The van der Waals surface area contributed by atoms with Crippen LogP contribution in [0, 0.1) is 13.8 Å². The molecule has 4 rings (SSSR count). The van der Waals surface area contributed by atoms with E-state index in [4.69, 9.17) is 0 Å². The summed E-state index contributed by atoms with van der Waals surface area (Å²) in [6, 6.07) is 26.0. The summed E-state index contributed by atoms with van der Waals surface area (Å²) >= 11 is 0. The van der Waals surface area contributed by atoms with Gasteiger partial charge in [0.1, 0.15) is 17.2 Å². The van der Waals surface area contributed by atoms with Gasteiger partial charge in [0, 0.05) is 16.2 Å². The third-order valence-electron chi connectivity index (χ3n) is 8.49. The Morgan fingerprint density at radius 2 is 0.658 bits per heavy atom. The van der Waals surface area contributed by atoms with Gasteiger partial charge in [-0.05, 0) is 82.6 Å². The van der Waals surface area contributed by atoms with E-state index in [2.05, 4.69) is 71.9 Å². The molecule has 3 nitrogen and oxygen atoms in total. The highest BCUT2D eigenvalue weighted by atomic mass is 16.3. The molecule has 0 aliphatic carbocycles. The summed E-state index contributed by atoms with van der Waals surface area (Å²) in [6.45, 7) is 17.3. The fourth-order valence-electron chi connectivity index (χ4n) is 5.28. The molecule has 0 spiro atoms. The lowest BCUT2D eigenvalue weighted by atomic mass is 9.69. The Hall–Kier alpha value is -3.72. The van der Waals surface area contributed by atoms with Gasteiger partial charge in [-0.25, -0.2) is 0 Å². The second kappa shape index (κ2) is 9.54. The van der Waals surface area contributed by atoms with Gasteiger partial charge in [-0.15, -0.1) is 0 Å². The molecule has 0 radical (unpaired) electrons. The van der Waals surface area contributed by atoms with E-state index in [-0.39, 0.29) is 27.7 Å². The van der Waals surface area contributed by atoms with E-state index in [0.29, 0.717) is 5.75 Å². The van der Waals surface area contributed by atoms with Crippen molar-refractivity contribution in [1.29, 1.82) is 0 Å². The SMILES string of the molecule is Cc1cc(C(C)(C)c2cc(C(C)(C)c3ccc(O)cc3)cc(C(C)(C)c3ccc(O)cc3)c2)cc(C)c1O. The molecule has 0 heterocycles. The summed E-state index contributed by atoms with van der Waals surface area (Å²) in [4.78, 5) is 0. The first-order chi connectivity index (χ1) is 17.6. The molecule has 38 heavy (non-hydrogen) atoms. The Morgan fingerprint density at radius 1 is 0.395 bits per heavy atom. The lowest BCUT2D eigenvalue weighted by Crippen LogP contribution is -2.27. The summed E-state index contributed by atoms with van der Waals surface area (Å²) in [6.07, 6.45) is 0. The quantitative estimate of drug-likeness (QED) is 0.245. The van der Waals surface area contributed by atoms with Crippen molar-refractivity contribution in [2.75, 3.05) is 0 Å². The molecule has 0 amide bonds. The minimum absolute atomic E-state index is 0.256. The van der Waals surface area contributed by atoms with Gasteiger partial charge < -0.3 is 15.3 Å². The van der Waals surface area contributed by atoms with E-state index >= 15 is 0 Å². The topological polar surface area (TPSA) is 60.7 Å². The molecule has 0 saturated carbocycles. The molecular weight excluding hydrogens is 468 g/mol. The van der Waals surface area contributed by atoms with Crippen molar-refractivity contribution < 1.29 is 15.3 Å². The zero-order valence-corrected chi connectivity index (χ0v) is 23.8. The van der Waals surface area contributed by atoms with E-state index in [9.17, 15) is 15.3 Å². The minimum Gasteiger partial charge on any atom is -0.508 e. The fraction of sp³-hybridized carbons (Fsp3) is 0.314. The van der Waals surface area contributed by atoms with Gasteiger partial charge in [-0.2, -0.15) is 0 Å². The number of rotatable bonds is 6. The third-order valence-corrected chi connectivity index (χ3v) is 8.49. The maximum atomic E-state index is 10.4. The first kappa shape index (κ1) is 27.3. The highest BCUT2D eigenvalue weighted by Crippen LogP contribution is 2.43. The second-order valence-electron chi connectivity index (χ2n) is 12.2. The fourth-order valence-corrected chi connectivity index (χ4v) is 5.28. The predicted molar refractivity (Wildman–Crippen MR) is 157 cm³/mol. The number of hydrogen-bond donors (Lipinski definition) is 3. The molecule has 0 aliphatic heterocycles. The Kier molecular flexibility index (Phi) is 6.86. The number of phenolic OH excluding ortho intramolecular Hbond substituents is 3. The van der Waals surface area contributed by atoms with E-state index in [1.54, 1.807) is 24.3 Å². The van der Waals surface area contributed by atoms with Crippen molar-refractivity contribution in [2.45, 2.75) is 71.6 Å². The first-order valence-corrected chi connectivity index (χ1v) is 13.2. The van der Waals surface area contributed by atoms with Crippen LogP contribution in [0.25, 0.3) is 0 Å². The summed E-state index contributed by atoms with van der Waals surface area (Å²) in [5.41, 5.74) is 7.73. The zero-order chi connectivity index (χ0) is 28.0. The molecule has 0 aliphatic rings. The molecule has 4 aromatic carbocycles. The van der Waals surface area contributed by atoms with Crippen LogP contribution in [0.5, 0.6) is 17.2 Å². The molecule has 3 N–H and O–H groups in total. The predicted octanol–water partition coefficient (Wildman–Crippen LogP) is 8.40. The van der Waals surface area contributed by atoms with Crippen molar-refractivity contribution >= 4 is 0 Å². The van der Waals surface area contributed by atoms with Gasteiger partial charge in [0.15, 0.2) is 0 Å². The van der Waals surface area contributed by atoms with Crippen molar-refractivity contribution in [3.8, 4) is 17.2 Å². The molecule has 198 valence electrons.